The van der Waals surface area contributed by atoms with Gasteiger partial charge in [0.15, 0.2) is 0 Å². The first-order valence-corrected chi connectivity index (χ1v) is 10.0. The molecule has 5 rings (SSSR count). The third-order valence-corrected chi connectivity index (χ3v) is 5.81. The minimum Gasteiger partial charge on any atom is -0.489 e. The molecule has 0 aromatic heterocycles. The Kier molecular flexibility index (Phi) is 4.86. The largest absolute Gasteiger partial charge is 0.489 e. The van der Waals surface area contributed by atoms with E-state index in [0.29, 0.717) is 19.1 Å². The van der Waals surface area contributed by atoms with E-state index < -0.39 is 0 Å². The fourth-order valence-electron chi connectivity index (χ4n) is 4.37. The Balaban J connectivity index is 1.30. The molecule has 1 saturated heterocycles. The van der Waals surface area contributed by atoms with Crippen molar-refractivity contribution in [2.75, 3.05) is 13.1 Å². The third-order valence-electron chi connectivity index (χ3n) is 5.81. The first-order valence-electron chi connectivity index (χ1n) is 10.0. The molecule has 0 N–H and O–H groups in total. The maximum Gasteiger partial charge on any atom is 0.120 e. The molecule has 0 unspecified atom stereocenters. The second kappa shape index (κ2) is 7.78. The summed E-state index contributed by atoms with van der Waals surface area (Å²) in [5.41, 5.74) is 5.25. The van der Waals surface area contributed by atoms with Crippen LogP contribution in [0.25, 0.3) is 0 Å². The number of nitrogens with zero attached hydrogens (tertiary/aromatic N) is 1. The van der Waals surface area contributed by atoms with E-state index in [2.05, 4.69) is 65.6 Å². The molecule has 3 heteroatoms. The van der Waals surface area contributed by atoms with Crippen LogP contribution in [-0.2, 0) is 24.5 Å². The zero-order chi connectivity index (χ0) is 18.8. The van der Waals surface area contributed by atoms with Gasteiger partial charge in [-0.2, -0.15) is 0 Å². The number of hydrogen-bond acceptors (Lipinski definition) is 3. The topological polar surface area (TPSA) is 21.7 Å². The van der Waals surface area contributed by atoms with E-state index in [0.717, 1.165) is 25.4 Å². The van der Waals surface area contributed by atoms with Crippen LogP contribution in [-0.4, -0.2) is 24.1 Å². The van der Waals surface area contributed by atoms with Crippen molar-refractivity contribution < 1.29 is 9.47 Å². The lowest BCUT2D eigenvalue weighted by Gasteiger charge is -2.28. The molecule has 28 heavy (non-hydrogen) atoms. The SMILES string of the molecule is c1ccc(COc2ccc3c(c2)[C@@H]2CN(Cc4ccccc4)C[C@@H]2OC3)cc1. The molecule has 1 fully saturated rings. The van der Waals surface area contributed by atoms with Gasteiger partial charge in [0.1, 0.15) is 12.4 Å². The normalized spacial score (nSPS) is 21.1. The molecule has 3 aromatic carbocycles. The van der Waals surface area contributed by atoms with Crippen molar-refractivity contribution in [3.8, 4) is 5.75 Å². The van der Waals surface area contributed by atoms with E-state index in [4.69, 9.17) is 9.47 Å². The predicted molar refractivity (Wildman–Crippen MR) is 110 cm³/mol. The minimum atomic E-state index is 0.278. The van der Waals surface area contributed by atoms with Gasteiger partial charge in [-0.05, 0) is 34.4 Å². The van der Waals surface area contributed by atoms with Gasteiger partial charge in [-0.1, -0.05) is 66.7 Å². The summed E-state index contributed by atoms with van der Waals surface area (Å²) in [6.07, 6.45) is 0.278. The first-order chi connectivity index (χ1) is 13.8. The van der Waals surface area contributed by atoms with Crippen LogP contribution in [0.1, 0.15) is 28.2 Å². The Morgan fingerprint density at radius 1 is 0.857 bits per heavy atom. The monoisotopic (exact) mass is 371 g/mol. The van der Waals surface area contributed by atoms with Crippen molar-refractivity contribution in [1.29, 1.82) is 0 Å². The maximum absolute atomic E-state index is 6.18. The Hall–Kier alpha value is -2.62. The Bertz CT molecular complexity index is 926. The number of rotatable bonds is 5. The summed E-state index contributed by atoms with van der Waals surface area (Å²) in [5, 5.41) is 0. The van der Waals surface area contributed by atoms with E-state index in [1.807, 2.05) is 18.2 Å². The van der Waals surface area contributed by atoms with Gasteiger partial charge in [0.05, 0.1) is 12.7 Å². The van der Waals surface area contributed by atoms with Gasteiger partial charge in [-0.15, -0.1) is 0 Å². The molecule has 0 spiro atoms. The summed E-state index contributed by atoms with van der Waals surface area (Å²) >= 11 is 0. The molecule has 142 valence electrons. The lowest BCUT2D eigenvalue weighted by Crippen LogP contribution is -2.27. The van der Waals surface area contributed by atoms with Crippen LogP contribution in [0.15, 0.2) is 78.9 Å². The number of fused-ring (bicyclic) bond motifs is 3. The molecular weight excluding hydrogens is 346 g/mol. The van der Waals surface area contributed by atoms with Crippen molar-refractivity contribution in [3.63, 3.8) is 0 Å². The van der Waals surface area contributed by atoms with Crippen LogP contribution < -0.4 is 4.74 Å². The molecule has 2 heterocycles. The number of ether oxygens (including phenoxy) is 2. The van der Waals surface area contributed by atoms with E-state index >= 15 is 0 Å². The predicted octanol–water partition coefficient (Wildman–Crippen LogP) is 4.76. The summed E-state index contributed by atoms with van der Waals surface area (Å²) in [7, 11) is 0. The number of hydrogen-bond donors (Lipinski definition) is 0. The summed E-state index contributed by atoms with van der Waals surface area (Å²) in [6, 6.07) is 27.5. The molecule has 0 saturated carbocycles. The number of likely N-dealkylation sites (tertiary alicyclic amines) is 1. The highest BCUT2D eigenvalue weighted by Crippen LogP contribution is 2.38. The van der Waals surface area contributed by atoms with Gasteiger partial charge in [-0.3, -0.25) is 4.90 Å². The Morgan fingerprint density at radius 2 is 1.61 bits per heavy atom. The van der Waals surface area contributed by atoms with Crippen LogP contribution in [0.5, 0.6) is 5.75 Å². The summed E-state index contributed by atoms with van der Waals surface area (Å²) in [4.78, 5) is 2.51. The van der Waals surface area contributed by atoms with Crippen molar-refractivity contribution in [1.82, 2.24) is 4.90 Å². The second-order valence-corrected chi connectivity index (χ2v) is 7.77. The van der Waals surface area contributed by atoms with Gasteiger partial charge < -0.3 is 9.47 Å². The molecule has 0 aliphatic carbocycles. The highest BCUT2D eigenvalue weighted by molar-refractivity contribution is 5.40. The van der Waals surface area contributed by atoms with Crippen molar-refractivity contribution in [3.05, 3.63) is 101 Å². The number of benzene rings is 3. The standard InChI is InChI=1S/C25H25NO2/c1-3-7-19(8-4-1)14-26-15-24-23-13-22(27-17-20-9-5-2-6-10-20)12-11-21(23)18-28-25(24)16-26/h1-13,24-25H,14-18H2/t24-,25-/m0/s1. The van der Waals surface area contributed by atoms with Crippen LogP contribution in [0.4, 0.5) is 0 Å². The molecule has 3 aromatic rings. The van der Waals surface area contributed by atoms with Crippen molar-refractivity contribution >= 4 is 0 Å². The van der Waals surface area contributed by atoms with Gasteiger partial charge in [-0.25, -0.2) is 0 Å². The minimum absolute atomic E-state index is 0.278. The van der Waals surface area contributed by atoms with E-state index in [-0.39, 0.29) is 6.10 Å². The average Bonchev–Trinajstić information content (AvgIpc) is 3.16. The molecule has 0 bridgehead atoms. The third kappa shape index (κ3) is 3.68. The lowest BCUT2D eigenvalue weighted by atomic mass is 9.89. The van der Waals surface area contributed by atoms with Gasteiger partial charge in [0, 0.05) is 25.6 Å². The van der Waals surface area contributed by atoms with Gasteiger partial charge in [0.25, 0.3) is 0 Å². The van der Waals surface area contributed by atoms with Crippen molar-refractivity contribution in [2.45, 2.75) is 31.8 Å². The molecule has 0 amide bonds. The quantitative estimate of drug-likeness (QED) is 0.645. The summed E-state index contributed by atoms with van der Waals surface area (Å²) in [5.74, 6) is 1.37. The smallest absolute Gasteiger partial charge is 0.120 e. The van der Waals surface area contributed by atoms with E-state index in [9.17, 15) is 0 Å². The van der Waals surface area contributed by atoms with Crippen LogP contribution in [0, 0.1) is 0 Å². The average molecular weight is 371 g/mol. The van der Waals surface area contributed by atoms with Crippen molar-refractivity contribution in [2.24, 2.45) is 0 Å². The highest BCUT2D eigenvalue weighted by atomic mass is 16.5. The Morgan fingerprint density at radius 3 is 2.39 bits per heavy atom. The van der Waals surface area contributed by atoms with Gasteiger partial charge >= 0.3 is 0 Å². The first kappa shape index (κ1) is 17.5. The zero-order valence-corrected chi connectivity index (χ0v) is 16.0. The molecule has 2 aliphatic heterocycles. The van der Waals surface area contributed by atoms with Crippen LogP contribution >= 0.6 is 0 Å². The van der Waals surface area contributed by atoms with Crippen LogP contribution in [0.3, 0.4) is 0 Å². The van der Waals surface area contributed by atoms with Crippen LogP contribution in [0.2, 0.25) is 0 Å². The molecule has 2 atom stereocenters. The second-order valence-electron chi connectivity index (χ2n) is 7.77. The summed E-state index contributed by atoms with van der Waals surface area (Å²) in [6.45, 7) is 4.32. The molecule has 0 radical (unpaired) electrons. The molecule has 3 nitrogen and oxygen atoms in total. The maximum atomic E-state index is 6.18. The zero-order valence-electron chi connectivity index (χ0n) is 16.0. The fourth-order valence-corrected chi connectivity index (χ4v) is 4.37. The van der Waals surface area contributed by atoms with Gasteiger partial charge in [0.2, 0.25) is 0 Å². The lowest BCUT2D eigenvalue weighted by molar-refractivity contribution is 0.0248. The molecule has 2 aliphatic rings. The Labute approximate surface area is 166 Å². The van der Waals surface area contributed by atoms with E-state index in [1.165, 1.54) is 22.3 Å². The fraction of sp³-hybridized carbons (Fsp3) is 0.280. The van der Waals surface area contributed by atoms with E-state index in [1.54, 1.807) is 0 Å². The molecular formula is C25H25NO2. The highest BCUT2D eigenvalue weighted by Gasteiger charge is 2.38. The summed E-state index contributed by atoms with van der Waals surface area (Å²) < 4.78 is 12.3.